The Bertz CT molecular complexity index is 954. The standard InChI is InChI=1S/C25H29N3O3S/c1-2-3-17-31-22-11-9-20(10-12-22)18-23-24(29)28(25(30)32-23)19-26-13-15-27(16-14-26)21-7-5-4-6-8-21/h4-12,18H,2-3,13-17,19H2,1H3/b23-18+. The van der Waals surface area contributed by atoms with Gasteiger partial charge in [-0.25, -0.2) is 0 Å². The van der Waals surface area contributed by atoms with Crippen molar-refractivity contribution in [2.45, 2.75) is 19.8 Å². The van der Waals surface area contributed by atoms with E-state index in [1.807, 2.05) is 42.5 Å². The van der Waals surface area contributed by atoms with E-state index >= 15 is 0 Å². The highest BCUT2D eigenvalue weighted by atomic mass is 32.2. The lowest BCUT2D eigenvalue weighted by molar-refractivity contribution is -0.124. The van der Waals surface area contributed by atoms with Gasteiger partial charge in [-0.15, -0.1) is 0 Å². The molecule has 0 unspecified atom stereocenters. The van der Waals surface area contributed by atoms with Crippen LogP contribution in [0.15, 0.2) is 59.5 Å². The van der Waals surface area contributed by atoms with Crippen LogP contribution in [0, 0.1) is 0 Å². The van der Waals surface area contributed by atoms with E-state index in [0.717, 1.165) is 62.1 Å². The first-order valence-electron chi connectivity index (χ1n) is 11.1. The first-order valence-corrected chi connectivity index (χ1v) is 12.0. The summed E-state index contributed by atoms with van der Waals surface area (Å²) in [6.07, 6.45) is 3.90. The second-order valence-electron chi connectivity index (χ2n) is 7.96. The zero-order valence-electron chi connectivity index (χ0n) is 18.4. The number of carbonyl (C=O) groups excluding carboxylic acids is 2. The number of nitrogens with zero attached hydrogens (tertiary/aromatic N) is 3. The van der Waals surface area contributed by atoms with Gasteiger partial charge in [-0.2, -0.15) is 0 Å². The Morgan fingerprint density at radius 1 is 0.969 bits per heavy atom. The van der Waals surface area contributed by atoms with Crippen molar-refractivity contribution in [3.05, 3.63) is 65.1 Å². The summed E-state index contributed by atoms with van der Waals surface area (Å²) >= 11 is 1.01. The molecule has 2 fully saturated rings. The first kappa shape index (κ1) is 22.4. The normalized spacial score (nSPS) is 18.6. The van der Waals surface area contributed by atoms with Crippen LogP contribution < -0.4 is 9.64 Å². The maximum absolute atomic E-state index is 12.9. The van der Waals surface area contributed by atoms with Gasteiger partial charge in [0, 0.05) is 31.9 Å². The highest BCUT2D eigenvalue weighted by Gasteiger charge is 2.36. The van der Waals surface area contributed by atoms with Crippen molar-refractivity contribution in [1.82, 2.24) is 9.80 Å². The van der Waals surface area contributed by atoms with Gasteiger partial charge in [-0.3, -0.25) is 19.4 Å². The van der Waals surface area contributed by atoms with E-state index < -0.39 is 0 Å². The van der Waals surface area contributed by atoms with Gasteiger partial charge >= 0.3 is 0 Å². The van der Waals surface area contributed by atoms with Gasteiger partial charge in [0.25, 0.3) is 11.1 Å². The Morgan fingerprint density at radius 3 is 2.38 bits per heavy atom. The number of amides is 2. The highest BCUT2D eigenvalue weighted by Crippen LogP contribution is 2.32. The number of unbranched alkanes of at least 4 members (excludes halogenated alkanes) is 1. The molecule has 0 N–H and O–H groups in total. The van der Waals surface area contributed by atoms with Gasteiger partial charge in [0.15, 0.2) is 0 Å². The molecule has 2 aromatic rings. The number of piperazine rings is 1. The van der Waals surface area contributed by atoms with Gasteiger partial charge in [0.05, 0.1) is 18.2 Å². The Balaban J connectivity index is 1.32. The average Bonchev–Trinajstić information content (AvgIpc) is 3.09. The molecule has 32 heavy (non-hydrogen) atoms. The van der Waals surface area contributed by atoms with E-state index in [4.69, 9.17) is 4.74 Å². The number of carbonyl (C=O) groups is 2. The maximum atomic E-state index is 12.9. The summed E-state index contributed by atoms with van der Waals surface area (Å²) in [4.78, 5) is 31.7. The first-order chi connectivity index (χ1) is 15.6. The van der Waals surface area contributed by atoms with E-state index in [-0.39, 0.29) is 11.1 Å². The zero-order valence-corrected chi connectivity index (χ0v) is 19.2. The summed E-state index contributed by atoms with van der Waals surface area (Å²) in [6.45, 7) is 6.56. The molecule has 168 valence electrons. The van der Waals surface area contributed by atoms with Crippen molar-refractivity contribution in [3.8, 4) is 5.75 Å². The smallest absolute Gasteiger partial charge is 0.294 e. The molecule has 2 aliphatic heterocycles. The minimum atomic E-state index is -0.214. The molecule has 2 aliphatic rings. The monoisotopic (exact) mass is 451 g/mol. The third-order valence-corrected chi connectivity index (χ3v) is 6.56. The summed E-state index contributed by atoms with van der Waals surface area (Å²) < 4.78 is 5.68. The fraction of sp³-hybridized carbons (Fsp3) is 0.360. The number of para-hydroxylation sites is 1. The quantitative estimate of drug-likeness (QED) is 0.429. The summed E-state index contributed by atoms with van der Waals surface area (Å²) in [5.74, 6) is 0.604. The van der Waals surface area contributed by atoms with E-state index in [9.17, 15) is 9.59 Å². The van der Waals surface area contributed by atoms with E-state index in [1.165, 1.54) is 10.6 Å². The molecule has 7 heteroatoms. The number of hydrogen-bond acceptors (Lipinski definition) is 6. The molecule has 0 saturated carbocycles. The lowest BCUT2D eigenvalue weighted by atomic mass is 10.2. The minimum Gasteiger partial charge on any atom is -0.494 e. The van der Waals surface area contributed by atoms with Gasteiger partial charge in [-0.05, 0) is 54.1 Å². The Morgan fingerprint density at radius 2 is 1.69 bits per heavy atom. The number of benzene rings is 2. The molecule has 0 aliphatic carbocycles. The topological polar surface area (TPSA) is 53.1 Å². The number of hydrogen-bond donors (Lipinski definition) is 0. The fourth-order valence-corrected chi connectivity index (χ4v) is 4.59. The predicted molar refractivity (Wildman–Crippen MR) is 130 cm³/mol. The van der Waals surface area contributed by atoms with E-state index in [2.05, 4.69) is 28.9 Å². The number of ether oxygens (including phenoxy) is 1. The van der Waals surface area contributed by atoms with Gasteiger partial charge in [-0.1, -0.05) is 43.7 Å². The van der Waals surface area contributed by atoms with Crippen LogP contribution in [-0.4, -0.2) is 60.4 Å². The summed E-state index contributed by atoms with van der Waals surface area (Å²) in [7, 11) is 0. The molecule has 0 bridgehead atoms. The molecule has 2 heterocycles. The second kappa shape index (κ2) is 10.7. The Kier molecular flexibility index (Phi) is 7.50. The number of imide groups is 1. The third-order valence-electron chi connectivity index (χ3n) is 5.65. The molecule has 0 aromatic heterocycles. The van der Waals surface area contributed by atoms with Crippen LogP contribution in [0.3, 0.4) is 0 Å². The van der Waals surface area contributed by atoms with Crippen molar-refractivity contribution in [1.29, 1.82) is 0 Å². The molecule has 0 radical (unpaired) electrons. The maximum Gasteiger partial charge on any atom is 0.294 e. The van der Waals surface area contributed by atoms with Gasteiger partial charge in [0.1, 0.15) is 5.75 Å². The highest BCUT2D eigenvalue weighted by molar-refractivity contribution is 8.18. The van der Waals surface area contributed by atoms with E-state index in [1.54, 1.807) is 6.08 Å². The van der Waals surface area contributed by atoms with E-state index in [0.29, 0.717) is 18.2 Å². The summed E-state index contributed by atoms with van der Waals surface area (Å²) in [5.41, 5.74) is 2.10. The zero-order chi connectivity index (χ0) is 22.3. The average molecular weight is 452 g/mol. The van der Waals surface area contributed by atoms with Crippen LogP contribution in [0.25, 0.3) is 6.08 Å². The second-order valence-corrected chi connectivity index (χ2v) is 8.96. The number of rotatable bonds is 8. The molecule has 2 amide bonds. The molecule has 0 atom stereocenters. The minimum absolute atomic E-state index is 0.203. The lowest BCUT2D eigenvalue weighted by Crippen LogP contribution is -2.50. The van der Waals surface area contributed by atoms with Gasteiger partial charge < -0.3 is 9.64 Å². The molecule has 2 saturated heterocycles. The van der Waals surface area contributed by atoms with Crippen molar-refractivity contribution in [3.63, 3.8) is 0 Å². The Labute approximate surface area is 193 Å². The van der Waals surface area contributed by atoms with Crippen LogP contribution in [0.4, 0.5) is 10.5 Å². The van der Waals surface area contributed by atoms with Crippen LogP contribution in [0.5, 0.6) is 5.75 Å². The molecular weight excluding hydrogens is 422 g/mol. The number of anilines is 1. The molecule has 6 nitrogen and oxygen atoms in total. The van der Waals surface area contributed by atoms with Crippen molar-refractivity contribution >= 4 is 34.7 Å². The molecular formula is C25H29N3O3S. The third kappa shape index (κ3) is 5.53. The number of thioether (sulfide) groups is 1. The predicted octanol–water partition coefficient (Wildman–Crippen LogP) is 4.68. The van der Waals surface area contributed by atoms with Gasteiger partial charge in [0.2, 0.25) is 0 Å². The lowest BCUT2D eigenvalue weighted by Gasteiger charge is -2.37. The summed E-state index contributed by atoms with van der Waals surface area (Å²) in [5, 5.41) is -0.203. The van der Waals surface area contributed by atoms with Crippen LogP contribution in [0.1, 0.15) is 25.3 Å². The van der Waals surface area contributed by atoms with Crippen molar-refractivity contribution in [2.75, 3.05) is 44.4 Å². The fourth-order valence-electron chi connectivity index (χ4n) is 3.75. The molecule has 2 aromatic carbocycles. The van der Waals surface area contributed by atoms with Crippen LogP contribution >= 0.6 is 11.8 Å². The summed E-state index contributed by atoms with van der Waals surface area (Å²) in [6, 6.07) is 18.0. The Hall–Kier alpha value is -2.77. The van der Waals surface area contributed by atoms with Crippen LogP contribution in [0.2, 0.25) is 0 Å². The molecule has 4 rings (SSSR count). The largest absolute Gasteiger partial charge is 0.494 e. The van der Waals surface area contributed by atoms with Crippen molar-refractivity contribution < 1.29 is 14.3 Å². The molecule has 0 spiro atoms. The van der Waals surface area contributed by atoms with Crippen molar-refractivity contribution in [2.24, 2.45) is 0 Å². The SMILES string of the molecule is CCCCOc1ccc(/C=C2/SC(=O)N(CN3CCN(c4ccccc4)CC3)C2=O)cc1. The van der Waals surface area contributed by atoms with Crippen LogP contribution in [-0.2, 0) is 4.79 Å².